The van der Waals surface area contributed by atoms with E-state index in [-0.39, 0.29) is 0 Å². The first-order chi connectivity index (χ1) is 14.6. The average molecular weight is 427 g/mol. The van der Waals surface area contributed by atoms with Crippen LogP contribution in [0.25, 0.3) is 0 Å². The minimum atomic E-state index is 0.500. The second-order valence-electron chi connectivity index (χ2n) is 4.80. The quantitative estimate of drug-likeness (QED) is 0.420. The maximum atomic E-state index is 9.50. The zero-order valence-corrected chi connectivity index (χ0v) is 23.6. The van der Waals surface area contributed by atoms with Gasteiger partial charge in [0.1, 0.15) is 0 Å². The number of halogens is 1. The van der Waals surface area contributed by atoms with Crippen LogP contribution in [0.4, 0.5) is 4.39 Å². The van der Waals surface area contributed by atoms with E-state index in [0.29, 0.717) is 13.1 Å². The lowest BCUT2D eigenvalue weighted by Gasteiger charge is -2.01. The van der Waals surface area contributed by atoms with E-state index in [2.05, 4.69) is 45.6 Å². The van der Waals surface area contributed by atoms with Crippen molar-refractivity contribution in [3.05, 3.63) is 72.4 Å². The molecule has 182 valence electrons. The molecule has 1 rings (SSSR count). The maximum Gasteiger partial charge on any atom is 0.0785 e. The van der Waals surface area contributed by atoms with Crippen LogP contribution in [0, 0.1) is 12.8 Å². The highest BCUT2D eigenvalue weighted by atomic mass is 19.1. The van der Waals surface area contributed by atoms with E-state index in [1.807, 2.05) is 113 Å². The van der Waals surface area contributed by atoms with Crippen LogP contribution in [0.1, 0.15) is 102 Å². The van der Waals surface area contributed by atoms with Gasteiger partial charge in [-0.15, -0.1) is 0 Å². The largest absolute Gasteiger partial charge is 0.255 e. The van der Waals surface area contributed by atoms with Gasteiger partial charge in [-0.1, -0.05) is 155 Å². The average Bonchev–Trinajstić information content (AvgIpc) is 2.82. The summed E-state index contributed by atoms with van der Waals surface area (Å²) in [5.41, 5.74) is 2.53. The summed E-state index contributed by atoms with van der Waals surface area (Å²) in [5.74, 6) is 0.706. The van der Waals surface area contributed by atoms with Gasteiger partial charge in [0.25, 0.3) is 0 Å². The summed E-state index contributed by atoms with van der Waals surface area (Å²) in [6.07, 6.45) is 9.23. The van der Waals surface area contributed by atoms with Crippen LogP contribution in [-0.2, 0) is 0 Å². The molecule has 0 saturated carbocycles. The SMILES string of the molecule is C=C(/C=C\C=C/C)CC(C)C.CC.CC.CC.CC.CC.CF.Cc1ccccc1. The predicted octanol–water partition coefficient (Wildman–Crippen LogP) is 11.4. The molecule has 0 N–H and O–H groups in total. The third-order valence-corrected chi connectivity index (χ3v) is 2.25. The molecule has 0 saturated heterocycles. The van der Waals surface area contributed by atoms with Gasteiger partial charge >= 0.3 is 0 Å². The highest BCUT2D eigenvalue weighted by molar-refractivity contribution is 5.18. The fourth-order valence-electron chi connectivity index (χ4n) is 1.43. The van der Waals surface area contributed by atoms with E-state index in [1.54, 1.807) is 0 Å². The summed E-state index contributed by atoms with van der Waals surface area (Å²) in [5, 5.41) is 0. The van der Waals surface area contributed by atoms with Crippen LogP contribution < -0.4 is 0 Å². The van der Waals surface area contributed by atoms with Gasteiger partial charge in [0, 0.05) is 0 Å². The fourth-order valence-corrected chi connectivity index (χ4v) is 1.43. The molecule has 0 aliphatic heterocycles. The van der Waals surface area contributed by atoms with Crippen molar-refractivity contribution in [2.24, 2.45) is 5.92 Å². The van der Waals surface area contributed by atoms with Crippen molar-refractivity contribution in [3.8, 4) is 0 Å². The molecule has 1 aromatic carbocycles. The summed E-state index contributed by atoms with van der Waals surface area (Å²) >= 11 is 0. The second kappa shape index (κ2) is 63.1. The Kier molecular flexibility index (Phi) is 97.9. The molecule has 0 unspecified atom stereocenters. The molecule has 1 aromatic rings. The van der Waals surface area contributed by atoms with Crippen molar-refractivity contribution in [2.45, 2.75) is 103 Å². The summed E-state index contributed by atoms with van der Waals surface area (Å²) in [7, 11) is 0.500. The van der Waals surface area contributed by atoms with Gasteiger partial charge in [0.15, 0.2) is 0 Å². The van der Waals surface area contributed by atoms with Crippen molar-refractivity contribution in [2.75, 3.05) is 7.18 Å². The van der Waals surface area contributed by atoms with Crippen LogP contribution in [-0.4, -0.2) is 7.18 Å². The number of hydrogen-bond acceptors (Lipinski definition) is 0. The zero-order chi connectivity index (χ0) is 25.8. The van der Waals surface area contributed by atoms with E-state index in [0.717, 1.165) is 6.42 Å². The fraction of sp³-hybridized carbons (Fsp3) is 0.586. The van der Waals surface area contributed by atoms with Crippen LogP contribution in [0.5, 0.6) is 0 Å². The van der Waals surface area contributed by atoms with Gasteiger partial charge in [-0.25, -0.2) is 0 Å². The molecule has 0 aliphatic carbocycles. The van der Waals surface area contributed by atoms with Crippen molar-refractivity contribution in [1.29, 1.82) is 0 Å². The Bertz CT molecular complexity index is 373. The van der Waals surface area contributed by atoms with Crippen molar-refractivity contribution in [3.63, 3.8) is 0 Å². The standard InChI is InChI=1S/C11H18.C7H8.5C2H6.CH3F/c1-5-6-7-8-11(4)9-10(2)3;1-7-5-3-2-4-6-7;6*1-2/h5-8,10H,4,9H2,1-3H3;2-6H,1H3;5*1-2H3;1H3/b6-5-,8-7-;;;;;;;. The van der Waals surface area contributed by atoms with Crippen LogP contribution in [0.3, 0.4) is 0 Å². The molecular weight excluding hydrogens is 367 g/mol. The summed E-state index contributed by atoms with van der Waals surface area (Å²) < 4.78 is 9.50. The van der Waals surface area contributed by atoms with E-state index in [4.69, 9.17) is 0 Å². The molecule has 0 bridgehead atoms. The molecule has 0 amide bonds. The smallest absolute Gasteiger partial charge is 0.0785 e. The van der Waals surface area contributed by atoms with Crippen molar-refractivity contribution >= 4 is 0 Å². The molecule has 0 fully saturated rings. The third-order valence-electron chi connectivity index (χ3n) is 2.25. The number of hydrogen-bond donors (Lipinski definition) is 0. The Balaban J connectivity index is -0.0000000481. The predicted molar refractivity (Wildman–Crippen MR) is 147 cm³/mol. The third kappa shape index (κ3) is 71.8. The van der Waals surface area contributed by atoms with Crippen LogP contribution in [0.2, 0.25) is 0 Å². The van der Waals surface area contributed by atoms with E-state index >= 15 is 0 Å². The normalized spacial score (nSPS) is 7.63. The summed E-state index contributed by atoms with van der Waals surface area (Å²) in [4.78, 5) is 0. The van der Waals surface area contributed by atoms with Crippen LogP contribution in [0.15, 0.2) is 66.8 Å². The van der Waals surface area contributed by atoms with E-state index in [9.17, 15) is 4.39 Å². The molecule has 0 spiro atoms. The molecule has 30 heavy (non-hydrogen) atoms. The second-order valence-corrected chi connectivity index (χ2v) is 4.80. The lowest BCUT2D eigenvalue weighted by Crippen LogP contribution is -1.86. The number of alkyl halides is 1. The van der Waals surface area contributed by atoms with Crippen molar-refractivity contribution < 1.29 is 4.39 Å². The first-order valence-electron chi connectivity index (χ1n) is 11.9. The highest BCUT2D eigenvalue weighted by Gasteiger charge is 1.93. The first-order valence-corrected chi connectivity index (χ1v) is 11.9. The number of rotatable bonds is 4. The first kappa shape index (κ1) is 46.5. The van der Waals surface area contributed by atoms with Gasteiger partial charge in [0.2, 0.25) is 0 Å². The molecule has 0 atom stereocenters. The lowest BCUT2D eigenvalue weighted by atomic mass is 10.0. The summed E-state index contributed by atoms with van der Waals surface area (Å²) in [6, 6.07) is 10.3. The van der Waals surface area contributed by atoms with E-state index in [1.165, 1.54) is 11.1 Å². The van der Waals surface area contributed by atoms with Crippen molar-refractivity contribution in [1.82, 2.24) is 0 Å². The Morgan fingerprint density at radius 1 is 0.800 bits per heavy atom. The Morgan fingerprint density at radius 3 is 1.40 bits per heavy atom. The Hall–Kier alpha value is -1.63. The summed E-state index contributed by atoms with van der Waals surface area (Å²) in [6.45, 7) is 32.4. The molecular formula is C29H59F. The van der Waals surface area contributed by atoms with Gasteiger partial charge < -0.3 is 0 Å². The van der Waals surface area contributed by atoms with Gasteiger partial charge in [-0.05, 0) is 26.2 Å². The van der Waals surface area contributed by atoms with Gasteiger partial charge in [-0.3, -0.25) is 4.39 Å². The molecule has 0 heterocycles. The minimum absolute atomic E-state index is 0.500. The highest BCUT2D eigenvalue weighted by Crippen LogP contribution is 2.09. The van der Waals surface area contributed by atoms with Crippen LogP contribution >= 0.6 is 0 Å². The molecule has 0 aliphatic rings. The lowest BCUT2D eigenvalue weighted by molar-refractivity contribution is 0.636. The molecule has 0 nitrogen and oxygen atoms in total. The molecule has 0 radical (unpaired) electrons. The molecule has 0 aromatic heterocycles. The number of allylic oxidation sites excluding steroid dienone is 5. The number of aryl methyl sites for hydroxylation is 1. The topological polar surface area (TPSA) is 0 Å². The molecule has 1 heteroatoms. The maximum absolute atomic E-state index is 9.50. The zero-order valence-electron chi connectivity index (χ0n) is 23.6. The minimum Gasteiger partial charge on any atom is -0.255 e. The Labute approximate surface area is 193 Å². The van der Waals surface area contributed by atoms with Gasteiger partial charge in [-0.2, -0.15) is 0 Å². The van der Waals surface area contributed by atoms with E-state index < -0.39 is 0 Å². The number of benzene rings is 1. The monoisotopic (exact) mass is 426 g/mol. The van der Waals surface area contributed by atoms with Gasteiger partial charge in [0.05, 0.1) is 7.18 Å². The Morgan fingerprint density at radius 2 is 1.17 bits per heavy atom.